The predicted molar refractivity (Wildman–Crippen MR) is 156 cm³/mol. The molecule has 1 aromatic carbocycles. The fourth-order valence-electron chi connectivity index (χ4n) is 5.93. The lowest BCUT2D eigenvalue weighted by molar-refractivity contribution is 0.297. The van der Waals surface area contributed by atoms with Gasteiger partial charge in [-0.3, -0.25) is 0 Å². The SMILES string of the molecule is C=C(c1ccc(C)cc1)N1CCC(c2c(F)cnc3[nH]c(C(CCC)CC4CC4C)cc23)CC1.CC(C)F. The van der Waals surface area contributed by atoms with Crippen molar-refractivity contribution in [1.29, 1.82) is 0 Å². The lowest BCUT2D eigenvalue weighted by Gasteiger charge is -2.35. The third kappa shape index (κ3) is 6.84. The molecule has 0 amide bonds. The number of aromatic nitrogens is 2. The van der Waals surface area contributed by atoms with Gasteiger partial charge in [0.05, 0.1) is 12.4 Å². The maximum atomic E-state index is 15.2. The molecule has 1 N–H and O–H groups in total. The van der Waals surface area contributed by atoms with Gasteiger partial charge in [-0.2, -0.15) is 0 Å². The highest BCUT2D eigenvalue weighted by atomic mass is 19.1. The molecule has 3 atom stereocenters. The van der Waals surface area contributed by atoms with Gasteiger partial charge in [0.15, 0.2) is 0 Å². The number of hydrogen-bond donors (Lipinski definition) is 1. The standard InChI is InChI=1S/C30H38FN3.C3H7F/c1-5-6-24(16-25-15-20(25)3)28-17-26-29(27(31)18-32-30(26)33-28)23-11-13-34(14-12-23)21(4)22-9-7-19(2)8-10-22;1-3(2)4/h7-10,17-18,20,23-25H,4-6,11-16H2,1-3H3,(H,32,33);3H,1-2H3. The molecular weight excluding hydrogens is 476 g/mol. The van der Waals surface area contributed by atoms with Crippen molar-refractivity contribution in [3.8, 4) is 0 Å². The molecule has 2 fully saturated rings. The van der Waals surface area contributed by atoms with Crippen molar-refractivity contribution in [1.82, 2.24) is 14.9 Å². The number of halogens is 2. The zero-order valence-corrected chi connectivity index (χ0v) is 23.9. The van der Waals surface area contributed by atoms with E-state index in [1.165, 1.54) is 62.5 Å². The highest BCUT2D eigenvalue weighted by molar-refractivity contribution is 5.81. The molecule has 5 heteroatoms. The van der Waals surface area contributed by atoms with Crippen LogP contribution in [-0.4, -0.2) is 34.1 Å². The number of hydrogen-bond acceptors (Lipinski definition) is 2. The molecule has 1 saturated heterocycles. The number of alkyl halides is 1. The van der Waals surface area contributed by atoms with Crippen LogP contribution in [0.1, 0.15) is 100 Å². The summed E-state index contributed by atoms with van der Waals surface area (Å²) in [6.45, 7) is 15.9. The molecule has 2 aromatic heterocycles. The minimum atomic E-state index is -0.667. The van der Waals surface area contributed by atoms with Crippen LogP contribution in [0.4, 0.5) is 8.78 Å². The molecule has 0 radical (unpaired) electrons. The van der Waals surface area contributed by atoms with E-state index in [2.05, 4.69) is 72.5 Å². The highest BCUT2D eigenvalue weighted by Gasteiger charge is 2.35. The normalized spacial score (nSPS) is 20.4. The number of fused-ring (bicyclic) bond motifs is 1. The first kappa shape index (κ1) is 28.3. The zero-order valence-electron chi connectivity index (χ0n) is 23.9. The maximum absolute atomic E-state index is 15.2. The van der Waals surface area contributed by atoms with E-state index in [4.69, 9.17) is 0 Å². The Bertz CT molecular complexity index is 1200. The number of aryl methyl sites for hydroxylation is 1. The number of benzene rings is 1. The van der Waals surface area contributed by atoms with Crippen LogP contribution in [-0.2, 0) is 0 Å². The molecule has 3 unspecified atom stereocenters. The monoisotopic (exact) mass is 521 g/mol. The molecule has 0 spiro atoms. The second kappa shape index (κ2) is 12.4. The van der Waals surface area contributed by atoms with Gasteiger partial charge in [0.2, 0.25) is 0 Å². The Hall–Kier alpha value is -2.69. The summed E-state index contributed by atoms with van der Waals surface area (Å²) >= 11 is 0. The van der Waals surface area contributed by atoms with Crippen LogP contribution >= 0.6 is 0 Å². The summed E-state index contributed by atoms with van der Waals surface area (Å²) in [4.78, 5) is 10.4. The molecule has 1 aliphatic heterocycles. The summed E-state index contributed by atoms with van der Waals surface area (Å²) < 4.78 is 26.2. The maximum Gasteiger partial charge on any atom is 0.145 e. The van der Waals surface area contributed by atoms with Gasteiger partial charge in [-0.1, -0.05) is 56.7 Å². The number of nitrogens with one attached hydrogen (secondary N) is 1. The second-order valence-corrected chi connectivity index (χ2v) is 11.8. The van der Waals surface area contributed by atoms with Crippen molar-refractivity contribution >= 4 is 16.7 Å². The molecule has 38 heavy (non-hydrogen) atoms. The molecule has 1 saturated carbocycles. The Labute approximate surface area is 227 Å². The Balaban J connectivity index is 0.000000786. The van der Waals surface area contributed by atoms with Crippen LogP contribution in [0.15, 0.2) is 43.1 Å². The van der Waals surface area contributed by atoms with E-state index in [1.807, 2.05) is 0 Å². The van der Waals surface area contributed by atoms with Crippen LogP contribution in [0.2, 0.25) is 0 Å². The van der Waals surface area contributed by atoms with E-state index in [1.54, 1.807) is 0 Å². The van der Waals surface area contributed by atoms with Crippen molar-refractivity contribution in [3.05, 3.63) is 71.3 Å². The minimum absolute atomic E-state index is 0.156. The molecular formula is C33H45F2N3. The largest absolute Gasteiger partial charge is 0.371 e. The molecule has 206 valence electrons. The van der Waals surface area contributed by atoms with E-state index in [0.717, 1.165) is 60.1 Å². The van der Waals surface area contributed by atoms with Gasteiger partial charge in [-0.05, 0) is 88.2 Å². The van der Waals surface area contributed by atoms with Crippen molar-refractivity contribution in [2.75, 3.05) is 13.1 Å². The van der Waals surface area contributed by atoms with Crippen LogP contribution in [0.3, 0.4) is 0 Å². The van der Waals surface area contributed by atoms with Crippen LogP contribution in [0.25, 0.3) is 16.7 Å². The fraction of sp³-hybridized carbons (Fsp3) is 0.545. The summed E-state index contributed by atoms with van der Waals surface area (Å²) in [5, 5.41) is 0.996. The first-order valence-corrected chi connectivity index (χ1v) is 14.5. The number of nitrogens with zero attached hydrogens (tertiary/aromatic N) is 2. The lowest BCUT2D eigenvalue weighted by Crippen LogP contribution is -2.31. The average Bonchev–Trinajstić information content (AvgIpc) is 3.41. The summed E-state index contributed by atoms with van der Waals surface area (Å²) in [7, 11) is 0. The van der Waals surface area contributed by atoms with Gasteiger partial charge >= 0.3 is 0 Å². The van der Waals surface area contributed by atoms with Gasteiger partial charge < -0.3 is 9.88 Å². The number of pyridine rings is 1. The second-order valence-electron chi connectivity index (χ2n) is 11.8. The third-order valence-corrected chi connectivity index (χ3v) is 8.28. The number of rotatable bonds is 8. The molecule has 5 rings (SSSR count). The fourth-order valence-corrected chi connectivity index (χ4v) is 5.93. The van der Waals surface area contributed by atoms with E-state index in [0.29, 0.717) is 5.92 Å². The van der Waals surface area contributed by atoms with Crippen LogP contribution in [0, 0.1) is 24.6 Å². The molecule has 3 nitrogen and oxygen atoms in total. The Morgan fingerprint density at radius 2 is 1.82 bits per heavy atom. The quantitative estimate of drug-likeness (QED) is 0.320. The molecule has 3 aromatic rings. The summed E-state index contributed by atoms with van der Waals surface area (Å²) in [5.74, 6) is 2.28. The summed E-state index contributed by atoms with van der Waals surface area (Å²) in [5.41, 5.74) is 6.46. The van der Waals surface area contributed by atoms with Gasteiger partial charge in [-0.25, -0.2) is 13.8 Å². The number of aromatic amines is 1. The number of piperidine rings is 1. The van der Waals surface area contributed by atoms with E-state index < -0.39 is 6.17 Å². The Morgan fingerprint density at radius 1 is 1.18 bits per heavy atom. The Kier molecular flexibility index (Phi) is 9.27. The minimum Gasteiger partial charge on any atom is -0.371 e. The van der Waals surface area contributed by atoms with E-state index >= 15 is 4.39 Å². The zero-order chi connectivity index (χ0) is 27.4. The molecule has 3 heterocycles. The lowest BCUT2D eigenvalue weighted by atomic mass is 9.87. The molecule has 0 bridgehead atoms. The van der Waals surface area contributed by atoms with Gasteiger partial charge in [0.1, 0.15) is 11.5 Å². The van der Waals surface area contributed by atoms with Crippen LogP contribution < -0.4 is 0 Å². The van der Waals surface area contributed by atoms with E-state index in [-0.39, 0.29) is 11.7 Å². The van der Waals surface area contributed by atoms with Crippen molar-refractivity contribution in [2.24, 2.45) is 11.8 Å². The number of H-pyrrole nitrogens is 1. The first-order valence-electron chi connectivity index (χ1n) is 14.5. The summed E-state index contributed by atoms with van der Waals surface area (Å²) in [6, 6.07) is 10.8. The van der Waals surface area contributed by atoms with Gasteiger partial charge in [0.25, 0.3) is 0 Å². The highest BCUT2D eigenvalue weighted by Crippen LogP contribution is 2.46. The molecule has 2 aliphatic rings. The smallest absolute Gasteiger partial charge is 0.145 e. The topological polar surface area (TPSA) is 31.9 Å². The van der Waals surface area contributed by atoms with Gasteiger partial charge in [-0.15, -0.1) is 0 Å². The molecule has 1 aliphatic carbocycles. The van der Waals surface area contributed by atoms with E-state index in [9.17, 15) is 4.39 Å². The van der Waals surface area contributed by atoms with Crippen LogP contribution in [0.5, 0.6) is 0 Å². The van der Waals surface area contributed by atoms with Crippen molar-refractivity contribution in [3.63, 3.8) is 0 Å². The number of likely N-dealkylation sites (tertiary alicyclic amines) is 1. The Morgan fingerprint density at radius 3 is 2.39 bits per heavy atom. The predicted octanol–water partition coefficient (Wildman–Crippen LogP) is 9.15. The van der Waals surface area contributed by atoms with Gasteiger partial charge in [0, 0.05) is 35.4 Å². The average molecular weight is 522 g/mol. The van der Waals surface area contributed by atoms with Crippen molar-refractivity contribution < 1.29 is 8.78 Å². The summed E-state index contributed by atoms with van der Waals surface area (Å²) in [6.07, 6.45) is 7.54. The first-order chi connectivity index (χ1) is 18.2. The third-order valence-electron chi connectivity index (χ3n) is 8.28. The van der Waals surface area contributed by atoms with Crippen molar-refractivity contribution in [2.45, 2.75) is 91.2 Å².